The molecule has 9 heteroatoms. The molecule has 1 aliphatic heterocycles. The summed E-state index contributed by atoms with van der Waals surface area (Å²) in [6.07, 6.45) is 3.58. The number of nitrogens with zero attached hydrogens (tertiary/aromatic N) is 3. The van der Waals surface area contributed by atoms with Crippen LogP contribution in [-0.4, -0.2) is 54.1 Å². The summed E-state index contributed by atoms with van der Waals surface area (Å²) < 4.78 is 17.5. The standard InChI is InChI=1S/C24H26N4O5/c1-31-21-9-8-17(12-22(21)32-2)10-11-27-14-19(13-25-27)26-23(29)15-28-20(16-33-24(28)30)18-6-4-3-5-7-18/h3-9,12-14,20H,10-11,15-16H2,1-2H3,(H,26,29). The van der Waals surface area contributed by atoms with E-state index >= 15 is 0 Å². The minimum atomic E-state index is -0.496. The Bertz CT molecular complexity index is 1120. The minimum Gasteiger partial charge on any atom is -0.493 e. The van der Waals surface area contributed by atoms with Crippen molar-refractivity contribution in [2.45, 2.75) is 19.0 Å². The van der Waals surface area contributed by atoms with Gasteiger partial charge in [0.2, 0.25) is 5.91 Å². The maximum atomic E-state index is 12.6. The van der Waals surface area contributed by atoms with Gasteiger partial charge in [-0.25, -0.2) is 4.79 Å². The molecule has 0 spiro atoms. The molecule has 1 unspecified atom stereocenters. The van der Waals surface area contributed by atoms with E-state index in [1.807, 2.05) is 48.5 Å². The number of cyclic esters (lactones) is 1. The summed E-state index contributed by atoms with van der Waals surface area (Å²) >= 11 is 0. The number of carbonyl (C=O) groups excluding carboxylic acids is 2. The number of aryl methyl sites for hydroxylation is 2. The third-order valence-corrected chi connectivity index (χ3v) is 5.47. The number of benzene rings is 2. The van der Waals surface area contributed by atoms with Crippen molar-refractivity contribution >= 4 is 17.7 Å². The van der Waals surface area contributed by atoms with Crippen LogP contribution < -0.4 is 14.8 Å². The summed E-state index contributed by atoms with van der Waals surface area (Å²) in [5.41, 5.74) is 2.57. The molecule has 1 saturated heterocycles. The molecule has 2 heterocycles. The normalized spacial score (nSPS) is 15.3. The summed E-state index contributed by atoms with van der Waals surface area (Å²) in [5, 5.41) is 7.12. The highest BCUT2D eigenvalue weighted by Crippen LogP contribution is 2.28. The van der Waals surface area contributed by atoms with E-state index in [1.54, 1.807) is 31.3 Å². The quantitative estimate of drug-likeness (QED) is 0.538. The third-order valence-electron chi connectivity index (χ3n) is 5.47. The van der Waals surface area contributed by atoms with E-state index in [4.69, 9.17) is 14.2 Å². The van der Waals surface area contributed by atoms with Crippen LogP contribution in [0.1, 0.15) is 17.2 Å². The molecule has 0 bridgehead atoms. The molecule has 33 heavy (non-hydrogen) atoms. The van der Waals surface area contributed by atoms with Gasteiger partial charge in [0.15, 0.2) is 11.5 Å². The van der Waals surface area contributed by atoms with Crippen molar-refractivity contribution in [2.24, 2.45) is 0 Å². The van der Waals surface area contributed by atoms with E-state index in [0.29, 0.717) is 23.7 Å². The second kappa shape index (κ2) is 10.1. The van der Waals surface area contributed by atoms with Crippen molar-refractivity contribution in [3.63, 3.8) is 0 Å². The van der Waals surface area contributed by atoms with Crippen LogP contribution in [0.4, 0.5) is 10.5 Å². The molecular formula is C24H26N4O5. The van der Waals surface area contributed by atoms with Gasteiger partial charge >= 0.3 is 6.09 Å². The molecule has 1 aromatic heterocycles. The van der Waals surface area contributed by atoms with E-state index in [2.05, 4.69) is 10.4 Å². The van der Waals surface area contributed by atoms with Crippen LogP contribution in [0.2, 0.25) is 0 Å². The molecule has 0 saturated carbocycles. The first-order valence-electron chi connectivity index (χ1n) is 10.6. The van der Waals surface area contributed by atoms with Crippen LogP contribution in [0.5, 0.6) is 11.5 Å². The Morgan fingerprint density at radius 2 is 1.94 bits per heavy atom. The number of methoxy groups -OCH3 is 2. The highest BCUT2D eigenvalue weighted by molar-refractivity contribution is 5.94. The molecule has 2 amide bonds. The monoisotopic (exact) mass is 450 g/mol. The fourth-order valence-electron chi connectivity index (χ4n) is 3.76. The van der Waals surface area contributed by atoms with E-state index in [0.717, 1.165) is 17.5 Å². The van der Waals surface area contributed by atoms with Gasteiger partial charge in [0.1, 0.15) is 13.2 Å². The molecule has 3 aromatic rings. The van der Waals surface area contributed by atoms with E-state index in [1.165, 1.54) is 4.90 Å². The number of ether oxygens (including phenoxy) is 3. The van der Waals surface area contributed by atoms with Gasteiger partial charge in [-0.2, -0.15) is 5.10 Å². The molecule has 1 aliphatic rings. The lowest BCUT2D eigenvalue weighted by molar-refractivity contribution is -0.117. The Balaban J connectivity index is 1.33. The zero-order valence-electron chi connectivity index (χ0n) is 18.6. The van der Waals surface area contributed by atoms with Crippen molar-refractivity contribution in [3.05, 3.63) is 72.1 Å². The lowest BCUT2D eigenvalue weighted by Crippen LogP contribution is -2.35. The lowest BCUT2D eigenvalue weighted by atomic mass is 10.1. The Labute approximate surface area is 191 Å². The van der Waals surface area contributed by atoms with Crippen molar-refractivity contribution in [3.8, 4) is 11.5 Å². The SMILES string of the molecule is COc1ccc(CCn2cc(NC(=O)CN3C(=O)OCC3c3ccccc3)cn2)cc1OC. The number of anilines is 1. The molecule has 2 aromatic carbocycles. The smallest absolute Gasteiger partial charge is 0.410 e. The van der Waals surface area contributed by atoms with Crippen LogP contribution in [0, 0.1) is 0 Å². The summed E-state index contributed by atoms with van der Waals surface area (Å²) in [6, 6.07) is 15.0. The highest BCUT2D eigenvalue weighted by atomic mass is 16.6. The molecule has 1 atom stereocenters. The number of carbonyl (C=O) groups is 2. The van der Waals surface area contributed by atoms with Crippen LogP contribution >= 0.6 is 0 Å². The number of amides is 2. The van der Waals surface area contributed by atoms with Gasteiger partial charge in [0.25, 0.3) is 0 Å². The molecule has 1 fully saturated rings. The number of hydrogen-bond acceptors (Lipinski definition) is 6. The highest BCUT2D eigenvalue weighted by Gasteiger charge is 2.35. The van der Waals surface area contributed by atoms with Crippen molar-refractivity contribution in [1.82, 2.24) is 14.7 Å². The number of aromatic nitrogens is 2. The fourth-order valence-corrected chi connectivity index (χ4v) is 3.76. The Hall–Kier alpha value is -4.01. The second-order valence-corrected chi connectivity index (χ2v) is 7.61. The van der Waals surface area contributed by atoms with Crippen LogP contribution in [0.15, 0.2) is 60.9 Å². The molecule has 1 N–H and O–H groups in total. The largest absolute Gasteiger partial charge is 0.493 e. The molecule has 172 valence electrons. The van der Waals surface area contributed by atoms with Gasteiger partial charge in [0, 0.05) is 12.7 Å². The first-order chi connectivity index (χ1) is 16.1. The van der Waals surface area contributed by atoms with Gasteiger partial charge in [-0.05, 0) is 29.7 Å². The molecule has 0 radical (unpaired) electrons. The van der Waals surface area contributed by atoms with Crippen molar-refractivity contribution < 1.29 is 23.8 Å². The third kappa shape index (κ3) is 5.25. The van der Waals surface area contributed by atoms with Gasteiger partial charge in [0.05, 0.1) is 32.1 Å². The van der Waals surface area contributed by atoms with E-state index in [-0.39, 0.29) is 25.1 Å². The zero-order valence-corrected chi connectivity index (χ0v) is 18.6. The van der Waals surface area contributed by atoms with Crippen molar-refractivity contribution in [2.75, 3.05) is 32.7 Å². The fraction of sp³-hybridized carbons (Fsp3) is 0.292. The van der Waals surface area contributed by atoms with Gasteiger partial charge in [-0.1, -0.05) is 36.4 Å². The van der Waals surface area contributed by atoms with Crippen molar-refractivity contribution in [1.29, 1.82) is 0 Å². The average molecular weight is 450 g/mol. The predicted molar refractivity (Wildman–Crippen MR) is 121 cm³/mol. The first kappa shape index (κ1) is 22.2. The maximum absolute atomic E-state index is 12.6. The van der Waals surface area contributed by atoms with Crippen LogP contribution in [0.3, 0.4) is 0 Å². The lowest BCUT2D eigenvalue weighted by Gasteiger charge is -2.20. The molecule has 4 rings (SSSR count). The van der Waals surface area contributed by atoms with Crippen LogP contribution in [0.25, 0.3) is 0 Å². The predicted octanol–water partition coefficient (Wildman–Crippen LogP) is 3.28. The molecular weight excluding hydrogens is 424 g/mol. The first-order valence-corrected chi connectivity index (χ1v) is 10.6. The van der Waals surface area contributed by atoms with E-state index in [9.17, 15) is 9.59 Å². The Morgan fingerprint density at radius 3 is 2.70 bits per heavy atom. The van der Waals surface area contributed by atoms with Gasteiger partial charge in [-0.15, -0.1) is 0 Å². The maximum Gasteiger partial charge on any atom is 0.410 e. The Morgan fingerprint density at radius 1 is 1.15 bits per heavy atom. The Kier molecular flexibility index (Phi) is 6.77. The summed E-state index contributed by atoms with van der Waals surface area (Å²) in [6.45, 7) is 0.749. The van der Waals surface area contributed by atoms with Crippen LogP contribution in [-0.2, 0) is 22.5 Å². The summed E-state index contributed by atoms with van der Waals surface area (Å²) in [4.78, 5) is 26.2. The molecule has 9 nitrogen and oxygen atoms in total. The zero-order chi connectivity index (χ0) is 23.2. The molecule has 0 aliphatic carbocycles. The number of nitrogens with one attached hydrogen (secondary N) is 1. The van der Waals surface area contributed by atoms with Gasteiger partial charge < -0.3 is 19.5 Å². The number of rotatable bonds is 9. The average Bonchev–Trinajstić information content (AvgIpc) is 3.44. The van der Waals surface area contributed by atoms with E-state index < -0.39 is 6.09 Å². The topological polar surface area (TPSA) is 94.9 Å². The summed E-state index contributed by atoms with van der Waals surface area (Å²) in [5.74, 6) is 1.05. The minimum absolute atomic E-state index is 0.102. The second-order valence-electron chi connectivity index (χ2n) is 7.61. The summed E-state index contributed by atoms with van der Waals surface area (Å²) in [7, 11) is 3.21. The van der Waals surface area contributed by atoms with Gasteiger partial charge in [-0.3, -0.25) is 14.4 Å². The number of hydrogen-bond donors (Lipinski definition) is 1.